The Labute approximate surface area is 163 Å². The molecule has 0 heterocycles. The second-order valence-corrected chi connectivity index (χ2v) is 7.89. The van der Waals surface area contributed by atoms with Crippen molar-refractivity contribution in [3.63, 3.8) is 0 Å². The molecule has 4 nitrogen and oxygen atoms in total. The highest BCUT2D eigenvalue weighted by Crippen LogP contribution is 2.31. The van der Waals surface area contributed by atoms with E-state index in [0.717, 1.165) is 23.3 Å². The van der Waals surface area contributed by atoms with Crippen molar-refractivity contribution in [2.75, 3.05) is 0 Å². The molecule has 7 heteroatoms. The molecule has 0 aliphatic heterocycles. The van der Waals surface area contributed by atoms with Crippen molar-refractivity contribution >= 4 is 21.8 Å². The zero-order valence-corrected chi connectivity index (χ0v) is 15.8. The summed E-state index contributed by atoms with van der Waals surface area (Å²) in [6.45, 7) is 0. The van der Waals surface area contributed by atoms with Crippen LogP contribution in [0.25, 0.3) is 0 Å². The van der Waals surface area contributed by atoms with Gasteiger partial charge in [0.15, 0.2) is 0 Å². The maximum atomic E-state index is 13.2. The van der Waals surface area contributed by atoms with Gasteiger partial charge in [0.05, 0.1) is 17.0 Å². The molecule has 0 aromatic heterocycles. The third-order valence-electron chi connectivity index (χ3n) is 4.17. The van der Waals surface area contributed by atoms with Gasteiger partial charge in [0.1, 0.15) is 5.82 Å². The summed E-state index contributed by atoms with van der Waals surface area (Å²) in [5.74, 6) is -0.502. The molecule has 2 N–H and O–H groups in total. The number of sulfonamides is 1. The zero-order chi connectivity index (χ0) is 19.3. The summed E-state index contributed by atoms with van der Waals surface area (Å²) >= 11 is 6.01. The summed E-state index contributed by atoms with van der Waals surface area (Å²) in [6.07, 6.45) is 0. The monoisotopic (exact) mass is 404 g/mol. The fraction of sp³-hybridized carbons (Fsp3) is 0.100. The largest absolute Gasteiger partial charge is 0.241 e. The van der Waals surface area contributed by atoms with E-state index in [9.17, 15) is 12.8 Å². The van der Waals surface area contributed by atoms with Gasteiger partial charge in [0.25, 0.3) is 0 Å². The molecule has 0 radical (unpaired) electrons. The maximum absolute atomic E-state index is 13.2. The van der Waals surface area contributed by atoms with Gasteiger partial charge in [0.2, 0.25) is 10.0 Å². The highest BCUT2D eigenvalue weighted by molar-refractivity contribution is 7.89. The van der Waals surface area contributed by atoms with Crippen molar-refractivity contribution in [1.29, 1.82) is 0 Å². The molecule has 27 heavy (non-hydrogen) atoms. The van der Waals surface area contributed by atoms with Crippen LogP contribution in [-0.2, 0) is 10.0 Å². The van der Waals surface area contributed by atoms with Crippen molar-refractivity contribution in [3.8, 4) is 0 Å². The van der Waals surface area contributed by atoms with Gasteiger partial charge in [-0.15, -0.1) is 0 Å². The maximum Gasteiger partial charge on any atom is 0.241 e. The minimum absolute atomic E-state index is 0.0220. The molecule has 0 spiro atoms. The van der Waals surface area contributed by atoms with Crippen LogP contribution in [0.2, 0.25) is 0 Å². The Morgan fingerprint density at radius 2 is 1.22 bits per heavy atom. The molecule has 140 valence electrons. The minimum atomic E-state index is -3.90. The van der Waals surface area contributed by atoms with E-state index in [1.54, 1.807) is 0 Å². The SMILES string of the molecule is O=S(=O)(N[C@H](c1ccccc1)[C@H](NCl)c1ccccc1)c1ccc(F)cc1. The zero-order valence-electron chi connectivity index (χ0n) is 14.2. The average molecular weight is 405 g/mol. The Balaban J connectivity index is 2.01. The number of rotatable bonds is 7. The van der Waals surface area contributed by atoms with Crippen molar-refractivity contribution in [2.45, 2.75) is 17.0 Å². The summed E-state index contributed by atoms with van der Waals surface area (Å²) in [5, 5.41) is 0. The molecule has 3 rings (SSSR count). The predicted molar refractivity (Wildman–Crippen MR) is 104 cm³/mol. The molecule has 0 fully saturated rings. The summed E-state index contributed by atoms with van der Waals surface area (Å²) in [5.41, 5.74) is 1.56. The second-order valence-electron chi connectivity index (χ2n) is 5.96. The molecule has 0 aliphatic rings. The Bertz CT molecular complexity index is 968. The van der Waals surface area contributed by atoms with Gasteiger partial charge < -0.3 is 0 Å². The number of benzene rings is 3. The third kappa shape index (κ3) is 4.73. The topological polar surface area (TPSA) is 58.2 Å². The average Bonchev–Trinajstić information content (AvgIpc) is 2.69. The Morgan fingerprint density at radius 1 is 0.741 bits per heavy atom. The lowest BCUT2D eigenvalue weighted by atomic mass is 9.95. The quantitative estimate of drug-likeness (QED) is 0.576. The van der Waals surface area contributed by atoms with Crippen molar-refractivity contribution in [3.05, 3.63) is 102 Å². The normalized spacial score (nSPS) is 13.9. The van der Waals surface area contributed by atoms with Crippen LogP contribution in [0.5, 0.6) is 0 Å². The van der Waals surface area contributed by atoms with E-state index in [1.807, 2.05) is 60.7 Å². The Morgan fingerprint density at radius 3 is 1.70 bits per heavy atom. The summed E-state index contributed by atoms with van der Waals surface area (Å²) in [7, 11) is -3.90. The van der Waals surface area contributed by atoms with Crippen molar-refractivity contribution in [1.82, 2.24) is 9.56 Å². The van der Waals surface area contributed by atoms with Crippen LogP contribution in [0.1, 0.15) is 23.2 Å². The highest BCUT2D eigenvalue weighted by Gasteiger charge is 2.29. The van der Waals surface area contributed by atoms with Gasteiger partial charge in [-0.2, -0.15) is 0 Å². The summed E-state index contributed by atoms with van der Waals surface area (Å²) < 4.78 is 41.6. The van der Waals surface area contributed by atoms with E-state index in [2.05, 4.69) is 9.56 Å². The van der Waals surface area contributed by atoms with Gasteiger partial charge >= 0.3 is 0 Å². The van der Waals surface area contributed by atoms with Gasteiger partial charge in [-0.05, 0) is 47.2 Å². The first-order valence-corrected chi connectivity index (χ1v) is 10.1. The molecule has 2 atom stereocenters. The lowest BCUT2D eigenvalue weighted by molar-refractivity contribution is 0.482. The first-order chi connectivity index (χ1) is 13.0. The van der Waals surface area contributed by atoms with E-state index < -0.39 is 27.9 Å². The molecule has 0 unspecified atom stereocenters. The van der Waals surface area contributed by atoms with E-state index in [-0.39, 0.29) is 4.90 Å². The molecular weight excluding hydrogens is 387 g/mol. The molecule has 3 aromatic carbocycles. The highest BCUT2D eigenvalue weighted by atomic mass is 35.5. The standard InChI is InChI=1S/C20H18ClFN2O2S/c21-23-19(15-7-3-1-4-8-15)20(16-9-5-2-6-10-16)24-27(25,26)18-13-11-17(22)12-14-18/h1-14,19-20,23-24H/t19-,20-/m1/s1. The first-order valence-electron chi connectivity index (χ1n) is 8.25. The van der Waals surface area contributed by atoms with Gasteiger partial charge in [-0.25, -0.2) is 22.4 Å². The van der Waals surface area contributed by atoms with E-state index >= 15 is 0 Å². The van der Waals surface area contributed by atoms with Gasteiger partial charge in [-0.3, -0.25) is 0 Å². The lowest BCUT2D eigenvalue weighted by Gasteiger charge is -2.27. The van der Waals surface area contributed by atoms with Crippen molar-refractivity contribution in [2.24, 2.45) is 0 Å². The number of nitrogens with one attached hydrogen (secondary N) is 2. The van der Waals surface area contributed by atoms with Crippen LogP contribution >= 0.6 is 11.8 Å². The van der Waals surface area contributed by atoms with Gasteiger partial charge in [-0.1, -0.05) is 60.7 Å². The van der Waals surface area contributed by atoms with Crippen LogP contribution in [-0.4, -0.2) is 8.42 Å². The minimum Gasteiger partial charge on any atom is -0.224 e. The molecule has 0 amide bonds. The van der Waals surface area contributed by atoms with E-state index in [0.29, 0.717) is 0 Å². The molecular formula is C20H18ClFN2O2S. The molecule has 0 saturated heterocycles. The fourth-order valence-electron chi connectivity index (χ4n) is 2.82. The first kappa shape index (κ1) is 19.5. The smallest absolute Gasteiger partial charge is 0.224 e. The summed E-state index contributed by atoms with van der Waals surface area (Å²) in [6, 6.07) is 21.9. The van der Waals surface area contributed by atoms with E-state index in [1.165, 1.54) is 12.1 Å². The fourth-order valence-corrected chi connectivity index (χ4v) is 4.31. The number of hydrogen-bond donors (Lipinski definition) is 2. The van der Waals surface area contributed by atoms with Crippen molar-refractivity contribution < 1.29 is 12.8 Å². The molecule has 0 saturated carbocycles. The van der Waals surface area contributed by atoms with Crippen LogP contribution in [0.15, 0.2) is 89.8 Å². The lowest BCUT2D eigenvalue weighted by Crippen LogP contribution is -2.36. The molecule has 0 aliphatic carbocycles. The van der Waals surface area contributed by atoms with Crippen LogP contribution < -0.4 is 9.56 Å². The Hall–Kier alpha value is -2.25. The number of halogens is 2. The predicted octanol–water partition coefficient (Wildman–Crippen LogP) is 4.33. The molecule has 0 bridgehead atoms. The van der Waals surface area contributed by atoms with Gasteiger partial charge in [0, 0.05) is 0 Å². The number of hydrogen-bond acceptors (Lipinski definition) is 3. The van der Waals surface area contributed by atoms with Crippen LogP contribution in [0.3, 0.4) is 0 Å². The van der Waals surface area contributed by atoms with Crippen LogP contribution in [0.4, 0.5) is 4.39 Å². The summed E-state index contributed by atoms with van der Waals surface area (Å²) in [4.78, 5) is 2.66. The third-order valence-corrected chi connectivity index (χ3v) is 5.87. The Kier molecular flexibility index (Phi) is 6.23. The second kappa shape index (κ2) is 8.63. The van der Waals surface area contributed by atoms with E-state index in [4.69, 9.17) is 11.8 Å². The molecule has 3 aromatic rings. The van der Waals surface area contributed by atoms with Crippen LogP contribution in [0, 0.1) is 5.82 Å².